The molecule has 2 heteroatoms. The standard InChI is InChI=1S/C13H27NS/c1-3-4-5-8-11-14-12-13(15-2)9-6-7-10-13/h14H,3-12H2,1-2H3. The molecule has 1 aliphatic carbocycles. The lowest BCUT2D eigenvalue weighted by molar-refractivity contribution is 0.516. The molecule has 0 radical (unpaired) electrons. The van der Waals surface area contributed by atoms with E-state index < -0.39 is 0 Å². The van der Waals surface area contributed by atoms with Crippen LogP contribution in [-0.4, -0.2) is 24.1 Å². The summed E-state index contributed by atoms with van der Waals surface area (Å²) in [5.74, 6) is 0. The summed E-state index contributed by atoms with van der Waals surface area (Å²) in [5.41, 5.74) is 0. The number of unbranched alkanes of at least 4 members (excludes halogenated alkanes) is 3. The molecule has 1 N–H and O–H groups in total. The fourth-order valence-electron chi connectivity index (χ4n) is 2.47. The van der Waals surface area contributed by atoms with Crippen molar-refractivity contribution in [1.29, 1.82) is 0 Å². The number of rotatable bonds is 8. The Hall–Kier alpha value is 0.310. The van der Waals surface area contributed by atoms with Gasteiger partial charge in [-0.15, -0.1) is 0 Å². The third kappa shape index (κ3) is 4.78. The minimum absolute atomic E-state index is 0.588. The predicted octanol–water partition coefficient (Wildman–Crippen LogP) is 3.83. The fourth-order valence-corrected chi connectivity index (χ4v) is 3.41. The van der Waals surface area contributed by atoms with Gasteiger partial charge in [-0.05, 0) is 32.1 Å². The quantitative estimate of drug-likeness (QED) is 0.635. The van der Waals surface area contributed by atoms with Crippen LogP contribution in [0.3, 0.4) is 0 Å². The molecular weight excluding hydrogens is 202 g/mol. The molecule has 1 fully saturated rings. The summed E-state index contributed by atoms with van der Waals surface area (Å²) in [4.78, 5) is 0. The highest BCUT2D eigenvalue weighted by atomic mass is 32.2. The maximum Gasteiger partial charge on any atom is 0.0281 e. The van der Waals surface area contributed by atoms with Crippen LogP contribution in [0.4, 0.5) is 0 Å². The van der Waals surface area contributed by atoms with E-state index in [1.54, 1.807) is 0 Å². The minimum Gasteiger partial charge on any atom is -0.315 e. The fraction of sp³-hybridized carbons (Fsp3) is 1.00. The molecule has 0 bridgehead atoms. The molecule has 0 aromatic heterocycles. The summed E-state index contributed by atoms with van der Waals surface area (Å²) in [6, 6.07) is 0. The van der Waals surface area contributed by atoms with Gasteiger partial charge in [-0.2, -0.15) is 11.8 Å². The van der Waals surface area contributed by atoms with Gasteiger partial charge in [-0.25, -0.2) is 0 Å². The summed E-state index contributed by atoms with van der Waals surface area (Å²) in [6.07, 6.45) is 13.5. The first-order chi connectivity index (χ1) is 7.33. The third-order valence-electron chi connectivity index (χ3n) is 3.60. The van der Waals surface area contributed by atoms with Gasteiger partial charge in [0, 0.05) is 11.3 Å². The van der Waals surface area contributed by atoms with Gasteiger partial charge < -0.3 is 5.32 Å². The van der Waals surface area contributed by atoms with Gasteiger partial charge in [0.05, 0.1) is 0 Å². The average molecular weight is 229 g/mol. The molecule has 0 spiro atoms. The maximum atomic E-state index is 3.66. The number of nitrogens with one attached hydrogen (secondary N) is 1. The van der Waals surface area contributed by atoms with Crippen LogP contribution in [0.5, 0.6) is 0 Å². The van der Waals surface area contributed by atoms with Gasteiger partial charge >= 0.3 is 0 Å². The lowest BCUT2D eigenvalue weighted by Gasteiger charge is -2.27. The SMILES string of the molecule is CCCCCCNCC1(SC)CCCC1. The van der Waals surface area contributed by atoms with Gasteiger partial charge in [-0.3, -0.25) is 0 Å². The van der Waals surface area contributed by atoms with Crippen LogP contribution >= 0.6 is 11.8 Å². The molecule has 0 saturated heterocycles. The van der Waals surface area contributed by atoms with E-state index in [1.807, 2.05) is 0 Å². The molecule has 1 rings (SSSR count). The summed E-state index contributed by atoms with van der Waals surface area (Å²) < 4.78 is 0.588. The Kier molecular flexibility index (Phi) is 6.74. The summed E-state index contributed by atoms with van der Waals surface area (Å²) in [6.45, 7) is 4.73. The van der Waals surface area contributed by atoms with E-state index in [9.17, 15) is 0 Å². The Morgan fingerprint density at radius 3 is 2.47 bits per heavy atom. The highest BCUT2D eigenvalue weighted by Crippen LogP contribution is 2.39. The maximum absolute atomic E-state index is 3.66. The van der Waals surface area contributed by atoms with Gasteiger partial charge in [0.15, 0.2) is 0 Å². The van der Waals surface area contributed by atoms with Crippen LogP contribution in [-0.2, 0) is 0 Å². The minimum atomic E-state index is 0.588. The largest absolute Gasteiger partial charge is 0.315 e. The van der Waals surface area contributed by atoms with Crippen LogP contribution in [0.1, 0.15) is 58.3 Å². The first-order valence-electron chi connectivity index (χ1n) is 6.59. The molecule has 0 atom stereocenters. The average Bonchev–Trinajstić information content (AvgIpc) is 2.73. The summed E-state index contributed by atoms with van der Waals surface area (Å²) in [5, 5.41) is 3.66. The van der Waals surface area contributed by atoms with E-state index in [0.29, 0.717) is 4.75 Å². The molecule has 0 aliphatic heterocycles. The Morgan fingerprint density at radius 2 is 1.87 bits per heavy atom. The first kappa shape index (κ1) is 13.4. The molecule has 15 heavy (non-hydrogen) atoms. The lowest BCUT2D eigenvalue weighted by Crippen LogP contribution is -2.35. The van der Waals surface area contributed by atoms with Crippen LogP contribution in [0.15, 0.2) is 0 Å². The molecule has 0 amide bonds. The molecule has 0 unspecified atom stereocenters. The van der Waals surface area contributed by atoms with Crippen molar-refractivity contribution < 1.29 is 0 Å². The monoisotopic (exact) mass is 229 g/mol. The van der Waals surface area contributed by atoms with Crippen LogP contribution in [0, 0.1) is 0 Å². The zero-order valence-electron chi connectivity index (χ0n) is 10.5. The zero-order valence-corrected chi connectivity index (χ0v) is 11.3. The lowest BCUT2D eigenvalue weighted by atomic mass is 10.1. The van der Waals surface area contributed by atoms with Crippen molar-refractivity contribution in [3.8, 4) is 0 Å². The Balaban J connectivity index is 2.02. The molecule has 1 aliphatic rings. The molecule has 1 saturated carbocycles. The van der Waals surface area contributed by atoms with Crippen LogP contribution < -0.4 is 5.32 Å². The van der Waals surface area contributed by atoms with E-state index in [-0.39, 0.29) is 0 Å². The van der Waals surface area contributed by atoms with Crippen molar-refractivity contribution in [2.24, 2.45) is 0 Å². The zero-order chi connectivity index (χ0) is 11.0. The van der Waals surface area contributed by atoms with E-state index in [4.69, 9.17) is 0 Å². The van der Waals surface area contributed by atoms with Crippen molar-refractivity contribution >= 4 is 11.8 Å². The highest BCUT2D eigenvalue weighted by molar-refractivity contribution is 8.00. The molecule has 1 nitrogen and oxygen atoms in total. The second-order valence-electron chi connectivity index (χ2n) is 4.83. The molecule has 0 aromatic rings. The second kappa shape index (κ2) is 7.56. The van der Waals surface area contributed by atoms with Gasteiger partial charge in [0.1, 0.15) is 0 Å². The second-order valence-corrected chi connectivity index (χ2v) is 6.11. The number of hydrogen-bond donors (Lipinski definition) is 1. The normalized spacial score (nSPS) is 19.6. The third-order valence-corrected chi connectivity index (χ3v) is 5.02. The van der Waals surface area contributed by atoms with Gasteiger partial charge in [0.25, 0.3) is 0 Å². The molecule has 0 heterocycles. The molecule has 0 aromatic carbocycles. The van der Waals surface area contributed by atoms with E-state index >= 15 is 0 Å². The van der Waals surface area contributed by atoms with Gasteiger partial charge in [-0.1, -0.05) is 39.0 Å². The van der Waals surface area contributed by atoms with Crippen molar-refractivity contribution in [2.45, 2.75) is 63.0 Å². The number of thioether (sulfide) groups is 1. The van der Waals surface area contributed by atoms with Crippen LogP contribution in [0.25, 0.3) is 0 Å². The number of hydrogen-bond acceptors (Lipinski definition) is 2. The van der Waals surface area contributed by atoms with E-state index in [0.717, 1.165) is 0 Å². The Labute approximate surface area is 99.8 Å². The van der Waals surface area contributed by atoms with Crippen LogP contribution in [0.2, 0.25) is 0 Å². The first-order valence-corrected chi connectivity index (χ1v) is 7.81. The van der Waals surface area contributed by atoms with Crippen molar-refractivity contribution in [3.05, 3.63) is 0 Å². The van der Waals surface area contributed by atoms with E-state index in [1.165, 1.54) is 64.5 Å². The van der Waals surface area contributed by atoms with Crippen molar-refractivity contribution in [3.63, 3.8) is 0 Å². The van der Waals surface area contributed by atoms with Crippen molar-refractivity contribution in [1.82, 2.24) is 5.32 Å². The highest BCUT2D eigenvalue weighted by Gasteiger charge is 2.32. The summed E-state index contributed by atoms with van der Waals surface area (Å²) in [7, 11) is 0. The predicted molar refractivity (Wildman–Crippen MR) is 71.7 cm³/mol. The molecular formula is C13H27NS. The smallest absolute Gasteiger partial charge is 0.0281 e. The Bertz CT molecular complexity index is 153. The van der Waals surface area contributed by atoms with Crippen molar-refractivity contribution in [2.75, 3.05) is 19.3 Å². The topological polar surface area (TPSA) is 12.0 Å². The summed E-state index contributed by atoms with van der Waals surface area (Å²) >= 11 is 2.09. The Morgan fingerprint density at radius 1 is 1.13 bits per heavy atom. The molecule has 90 valence electrons. The van der Waals surface area contributed by atoms with Gasteiger partial charge in [0.2, 0.25) is 0 Å². The van der Waals surface area contributed by atoms with E-state index in [2.05, 4.69) is 30.3 Å².